The predicted molar refractivity (Wildman–Crippen MR) is 124 cm³/mol. The maximum Gasteiger partial charge on any atom is 0.269 e. The lowest BCUT2D eigenvalue weighted by Gasteiger charge is -2.37. The molecule has 2 aliphatic rings. The summed E-state index contributed by atoms with van der Waals surface area (Å²) in [7, 11) is 1.61. The van der Waals surface area contributed by atoms with Gasteiger partial charge in [0.2, 0.25) is 0 Å². The van der Waals surface area contributed by atoms with Gasteiger partial charge in [0, 0.05) is 56.7 Å². The van der Waals surface area contributed by atoms with E-state index >= 15 is 0 Å². The molecule has 1 atom stereocenters. The molecule has 166 valence electrons. The molecular weight excluding hydrogens is 404 g/mol. The van der Waals surface area contributed by atoms with Crippen LogP contribution in [0.3, 0.4) is 0 Å². The van der Waals surface area contributed by atoms with Gasteiger partial charge in [0.25, 0.3) is 11.5 Å². The Labute approximate surface area is 186 Å². The minimum absolute atomic E-state index is 0.0478. The van der Waals surface area contributed by atoms with Crippen molar-refractivity contribution in [1.29, 1.82) is 0 Å². The number of carbonyl (C=O) groups is 1. The van der Waals surface area contributed by atoms with Gasteiger partial charge >= 0.3 is 0 Å². The molecule has 0 radical (unpaired) electrons. The number of hydrogen-bond donors (Lipinski definition) is 2. The highest BCUT2D eigenvalue weighted by Crippen LogP contribution is 2.31. The number of piperidine rings is 1. The number of nitrogens with one attached hydrogen (secondary N) is 2. The van der Waals surface area contributed by atoms with Crippen LogP contribution in [0.2, 0.25) is 0 Å². The summed E-state index contributed by atoms with van der Waals surface area (Å²) in [5.41, 5.74) is 2.50. The van der Waals surface area contributed by atoms with Crippen molar-refractivity contribution < 1.29 is 4.79 Å². The number of hydrogen-bond acceptors (Lipinski definition) is 6. The molecule has 0 aromatic carbocycles. The fraction of sp³-hybridized carbons (Fsp3) is 0.417. The Balaban J connectivity index is 1.20. The number of pyridine rings is 3. The lowest BCUT2D eigenvalue weighted by Crippen LogP contribution is -2.44. The van der Waals surface area contributed by atoms with Crippen molar-refractivity contribution in [3.63, 3.8) is 0 Å². The second-order valence-corrected chi connectivity index (χ2v) is 8.70. The molecule has 2 fully saturated rings. The van der Waals surface area contributed by atoms with E-state index < -0.39 is 0 Å². The van der Waals surface area contributed by atoms with Crippen LogP contribution in [-0.2, 0) is 0 Å². The number of amides is 1. The number of anilines is 1. The normalized spacial score (nSPS) is 20.0. The van der Waals surface area contributed by atoms with Crippen molar-refractivity contribution in [3.05, 3.63) is 64.6 Å². The van der Waals surface area contributed by atoms with Gasteiger partial charge in [0.1, 0.15) is 5.69 Å². The Morgan fingerprint density at radius 2 is 1.97 bits per heavy atom. The van der Waals surface area contributed by atoms with E-state index in [2.05, 4.69) is 36.1 Å². The number of aromatic nitrogens is 3. The first-order valence-electron chi connectivity index (χ1n) is 11.3. The summed E-state index contributed by atoms with van der Waals surface area (Å²) >= 11 is 0. The third-order valence-corrected chi connectivity index (χ3v) is 6.88. The number of fused-ring (bicyclic) bond motifs is 1. The van der Waals surface area contributed by atoms with Gasteiger partial charge < -0.3 is 15.2 Å². The predicted octanol–water partition coefficient (Wildman–Crippen LogP) is 2.14. The van der Waals surface area contributed by atoms with Crippen molar-refractivity contribution in [2.75, 3.05) is 38.1 Å². The van der Waals surface area contributed by atoms with E-state index in [0.29, 0.717) is 23.0 Å². The first kappa shape index (κ1) is 20.6. The standard InChI is InChI=1S/C24H28N6O2/c1-25-24(32)21-3-2-19(13-27-21)29-10-6-18(7-11-29)30-9-5-17(15-30)22-12-16-4-8-26-14-20(16)23(31)28-22/h2-4,8,12-14,17-18H,5-7,9-11,15H2,1H3,(H,25,32)(H,28,31). The van der Waals surface area contributed by atoms with E-state index in [-0.39, 0.29) is 11.5 Å². The highest BCUT2D eigenvalue weighted by atomic mass is 16.1. The van der Waals surface area contributed by atoms with Crippen molar-refractivity contribution in [3.8, 4) is 0 Å². The lowest BCUT2D eigenvalue weighted by atomic mass is 10.0. The molecule has 32 heavy (non-hydrogen) atoms. The van der Waals surface area contributed by atoms with Gasteiger partial charge in [-0.25, -0.2) is 4.98 Å². The Hall–Kier alpha value is -3.26. The largest absolute Gasteiger partial charge is 0.370 e. The van der Waals surface area contributed by atoms with Crippen LogP contribution in [0.15, 0.2) is 47.7 Å². The number of H-pyrrole nitrogens is 1. The first-order chi connectivity index (χ1) is 15.6. The van der Waals surface area contributed by atoms with Gasteiger partial charge in [-0.15, -0.1) is 0 Å². The van der Waals surface area contributed by atoms with E-state index in [1.165, 1.54) is 0 Å². The summed E-state index contributed by atoms with van der Waals surface area (Å²) in [5.74, 6) is 0.197. The smallest absolute Gasteiger partial charge is 0.269 e. The molecule has 0 saturated carbocycles. The second kappa shape index (κ2) is 8.70. The summed E-state index contributed by atoms with van der Waals surface area (Å²) in [5, 5.41) is 4.21. The lowest BCUT2D eigenvalue weighted by molar-refractivity contribution is 0.0958. The summed E-state index contributed by atoms with van der Waals surface area (Å²) in [6, 6.07) is 8.35. The molecule has 2 N–H and O–H groups in total. The van der Waals surface area contributed by atoms with Gasteiger partial charge in [0.05, 0.1) is 17.3 Å². The number of aromatic amines is 1. The monoisotopic (exact) mass is 432 g/mol. The van der Waals surface area contributed by atoms with Gasteiger partial charge in [-0.3, -0.25) is 19.5 Å². The highest BCUT2D eigenvalue weighted by Gasteiger charge is 2.32. The molecule has 1 amide bonds. The highest BCUT2D eigenvalue weighted by molar-refractivity contribution is 5.92. The maximum absolute atomic E-state index is 12.4. The van der Waals surface area contributed by atoms with Gasteiger partial charge in [-0.2, -0.15) is 0 Å². The number of nitrogens with zero attached hydrogens (tertiary/aromatic N) is 4. The SMILES string of the molecule is CNC(=O)c1ccc(N2CCC(N3CCC(c4cc5ccncc5c(=O)[nH]4)C3)CC2)cn1. The molecule has 0 aliphatic carbocycles. The van der Waals surface area contributed by atoms with E-state index in [4.69, 9.17) is 0 Å². The molecule has 8 nitrogen and oxygen atoms in total. The first-order valence-corrected chi connectivity index (χ1v) is 11.3. The van der Waals surface area contributed by atoms with Crippen LogP contribution >= 0.6 is 0 Å². The zero-order valence-electron chi connectivity index (χ0n) is 18.3. The number of likely N-dealkylation sites (tertiary alicyclic amines) is 1. The summed E-state index contributed by atoms with van der Waals surface area (Å²) in [4.78, 5) is 40.5. The van der Waals surface area contributed by atoms with Crippen molar-refractivity contribution in [2.24, 2.45) is 0 Å². The quantitative estimate of drug-likeness (QED) is 0.656. The molecule has 8 heteroatoms. The van der Waals surface area contributed by atoms with Crippen LogP contribution in [-0.4, -0.2) is 65.0 Å². The van der Waals surface area contributed by atoms with E-state index in [1.54, 1.807) is 31.7 Å². The van der Waals surface area contributed by atoms with Gasteiger partial charge in [-0.05, 0) is 55.5 Å². The van der Waals surface area contributed by atoms with Crippen LogP contribution in [0.5, 0.6) is 0 Å². The molecular formula is C24H28N6O2. The van der Waals surface area contributed by atoms with Crippen LogP contribution in [0.4, 0.5) is 5.69 Å². The maximum atomic E-state index is 12.4. The minimum atomic E-state index is -0.164. The molecule has 2 aliphatic heterocycles. The molecule has 0 bridgehead atoms. The topological polar surface area (TPSA) is 94.2 Å². The van der Waals surface area contributed by atoms with E-state index in [1.807, 2.05) is 12.1 Å². The fourth-order valence-electron chi connectivity index (χ4n) is 5.04. The Kier molecular flexibility index (Phi) is 5.61. The van der Waals surface area contributed by atoms with Crippen molar-refractivity contribution >= 4 is 22.4 Å². The summed E-state index contributed by atoms with van der Waals surface area (Å²) in [6.07, 6.45) is 8.43. The molecule has 1 unspecified atom stereocenters. The van der Waals surface area contributed by atoms with Crippen molar-refractivity contribution in [2.45, 2.75) is 31.2 Å². The third kappa shape index (κ3) is 3.98. The third-order valence-electron chi connectivity index (χ3n) is 6.88. The second-order valence-electron chi connectivity index (χ2n) is 8.70. The summed E-state index contributed by atoms with van der Waals surface area (Å²) in [6.45, 7) is 4.01. The molecule has 0 spiro atoms. The van der Waals surface area contributed by atoms with E-state index in [0.717, 1.165) is 62.2 Å². The zero-order chi connectivity index (χ0) is 22.1. The number of carbonyl (C=O) groups excluding carboxylic acids is 1. The fourth-order valence-corrected chi connectivity index (χ4v) is 5.04. The van der Waals surface area contributed by atoms with Gasteiger partial charge in [0.15, 0.2) is 0 Å². The minimum Gasteiger partial charge on any atom is -0.370 e. The van der Waals surface area contributed by atoms with Crippen molar-refractivity contribution in [1.82, 2.24) is 25.2 Å². The van der Waals surface area contributed by atoms with E-state index in [9.17, 15) is 9.59 Å². The molecule has 3 aromatic heterocycles. The average molecular weight is 433 g/mol. The van der Waals surface area contributed by atoms with Crippen LogP contribution in [0.25, 0.3) is 10.8 Å². The zero-order valence-corrected chi connectivity index (χ0v) is 18.3. The Bertz CT molecular complexity index is 1170. The molecule has 5 rings (SSSR count). The van der Waals surface area contributed by atoms with Crippen LogP contribution in [0.1, 0.15) is 41.4 Å². The molecule has 2 saturated heterocycles. The Morgan fingerprint density at radius 1 is 1.12 bits per heavy atom. The summed E-state index contributed by atoms with van der Waals surface area (Å²) < 4.78 is 0. The van der Waals surface area contributed by atoms with Gasteiger partial charge in [-0.1, -0.05) is 0 Å². The van der Waals surface area contributed by atoms with Crippen LogP contribution in [0, 0.1) is 0 Å². The molecule has 3 aromatic rings. The molecule has 5 heterocycles. The number of rotatable bonds is 4. The van der Waals surface area contributed by atoms with Crippen LogP contribution < -0.4 is 15.8 Å². The average Bonchev–Trinajstić information content (AvgIpc) is 3.34. The Morgan fingerprint density at radius 3 is 2.72 bits per heavy atom.